The molecule has 0 aliphatic heterocycles. The third-order valence-corrected chi connectivity index (χ3v) is 3.20. The van der Waals surface area contributed by atoms with Gasteiger partial charge in [0.2, 0.25) is 0 Å². The van der Waals surface area contributed by atoms with E-state index in [0.717, 1.165) is 16.9 Å². The van der Waals surface area contributed by atoms with Gasteiger partial charge in [0.15, 0.2) is 0 Å². The Morgan fingerprint density at radius 3 is 2.94 bits per heavy atom. The monoisotopic (exact) mass is 245 g/mol. The van der Waals surface area contributed by atoms with Gasteiger partial charge in [-0.2, -0.15) is 0 Å². The number of aromatic nitrogens is 2. The van der Waals surface area contributed by atoms with Gasteiger partial charge in [-0.15, -0.1) is 0 Å². The van der Waals surface area contributed by atoms with E-state index in [-0.39, 0.29) is 5.82 Å². The lowest BCUT2D eigenvalue weighted by Crippen LogP contribution is -2.06. The van der Waals surface area contributed by atoms with Crippen molar-refractivity contribution in [1.82, 2.24) is 9.55 Å². The van der Waals surface area contributed by atoms with Gasteiger partial charge >= 0.3 is 0 Å². The molecule has 1 fully saturated rings. The fourth-order valence-corrected chi connectivity index (χ4v) is 2.18. The Morgan fingerprint density at radius 2 is 2.22 bits per heavy atom. The van der Waals surface area contributed by atoms with E-state index in [9.17, 15) is 4.39 Å². The fraction of sp³-hybridized carbons (Fsp3) is 0.357. The van der Waals surface area contributed by atoms with Crippen molar-refractivity contribution in [3.05, 3.63) is 47.8 Å². The molecular formula is C14H16FN3. The van der Waals surface area contributed by atoms with E-state index in [0.29, 0.717) is 12.6 Å². The Bertz CT molecular complexity index is 538. The van der Waals surface area contributed by atoms with E-state index >= 15 is 0 Å². The smallest absolute Gasteiger partial charge is 0.125 e. The SMILES string of the molecule is Cc1cc(F)cc(NCc2cncn2C2CC2)c1. The number of benzene rings is 1. The van der Waals surface area contributed by atoms with Gasteiger partial charge in [0.1, 0.15) is 5.82 Å². The van der Waals surface area contributed by atoms with Crippen LogP contribution in [0, 0.1) is 12.7 Å². The Morgan fingerprint density at radius 1 is 1.39 bits per heavy atom. The highest BCUT2D eigenvalue weighted by Crippen LogP contribution is 2.35. The summed E-state index contributed by atoms with van der Waals surface area (Å²) >= 11 is 0. The van der Waals surface area contributed by atoms with E-state index in [2.05, 4.69) is 14.9 Å². The summed E-state index contributed by atoms with van der Waals surface area (Å²) in [5.74, 6) is -0.201. The number of rotatable bonds is 4. The summed E-state index contributed by atoms with van der Waals surface area (Å²) in [5.41, 5.74) is 2.89. The zero-order chi connectivity index (χ0) is 12.5. The normalized spacial score (nSPS) is 14.8. The molecule has 2 aromatic rings. The number of halogens is 1. The maximum atomic E-state index is 13.3. The molecule has 1 N–H and O–H groups in total. The number of nitrogens with one attached hydrogen (secondary N) is 1. The van der Waals surface area contributed by atoms with E-state index in [1.807, 2.05) is 25.5 Å². The lowest BCUT2D eigenvalue weighted by molar-refractivity contribution is 0.627. The van der Waals surface area contributed by atoms with Crippen molar-refractivity contribution >= 4 is 5.69 Å². The maximum absolute atomic E-state index is 13.3. The van der Waals surface area contributed by atoms with Gasteiger partial charge in [-0.3, -0.25) is 0 Å². The van der Waals surface area contributed by atoms with Gasteiger partial charge in [-0.25, -0.2) is 9.37 Å². The molecule has 0 amide bonds. The van der Waals surface area contributed by atoms with Crippen LogP contribution in [0.4, 0.5) is 10.1 Å². The second-order valence-corrected chi connectivity index (χ2v) is 4.89. The van der Waals surface area contributed by atoms with Crippen LogP contribution in [-0.4, -0.2) is 9.55 Å². The predicted molar refractivity (Wildman–Crippen MR) is 69.0 cm³/mol. The van der Waals surface area contributed by atoms with Gasteiger partial charge < -0.3 is 9.88 Å². The van der Waals surface area contributed by atoms with E-state index in [1.165, 1.54) is 25.0 Å². The number of nitrogens with zero attached hydrogens (tertiary/aromatic N) is 2. The third-order valence-electron chi connectivity index (χ3n) is 3.20. The second-order valence-electron chi connectivity index (χ2n) is 4.89. The van der Waals surface area contributed by atoms with Crippen LogP contribution in [0.3, 0.4) is 0 Å². The Hall–Kier alpha value is -1.84. The van der Waals surface area contributed by atoms with Crippen LogP contribution in [0.15, 0.2) is 30.7 Å². The molecule has 3 nitrogen and oxygen atoms in total. The molecule has 1 aliphatic carbocycles. The summed E-state index contributed by atoms with van der Waals surface area (Å²) in [5, 5.41) is 3.25. The minimum atomic E-state index is -0.201. The average Bonchev–Trinajstić information content (AvgIpc) is 3.05. The van der Waals surface area contributed by atoms with Gasteiger partial charge in [0.05, 0.1) is 18.6 Å². The van der Waals surface area contributed by atoms with Crippen LogP contribution in [0.2, 0.25) is 0 Å². The molecule has 0 atom stereocenters. The lowest BCUT2D eigenvalue weighted by Gasteiger charge is -2.10. The molecule has 0 bridgehead atoms. The molecule has 1 aromatic heterocycles. The summed E-state index contributed by atoms with van der Waals surface area (Å²) in [6, 6.07) is 5.62. The summed E-state index contributed by atoms with van der Waals surface area (Å²) in [4.78, 5) is 4.18. The molecule has 18 heavy (non-hydrogen) atoms. The van der Waals surface area contributed by atoms with Crippen LogP contribution in [0.1, 0.15) is 30.1 Å². The van der Waals surface area contributed by atoms with Crippen molar-refractivity contribution in [3.8, 4) is 0 Å². The van der Waals surface area contributed by atoms with Gasteiger partial charge in [0.25, 0.3) is 0 Å². The standard InChI is InChI=1S/C14H16FN3/c1-10-4-11(15)6-12(5-10)17-8-14-7-16-9-18(14)13-2-3-13/h4-7,9,13,17H,2-3,8H2,1H3. The first kappa shape index (κ1) is 11.3. The average molecular weight is 245 g/mol. The zero-order valence-corrected chi connectivity index (χ0v) is 10.4. The van der Waals surface area contributed by atoms with Gasteiger partial charge in [-0.05, 0) is 43.5 Å². The molecule has 1 saturated carbocycles. The second kappa shape index (κ2) is 4.44. The summed E-state index contributed by atoms with van der Waals surface area (Å²) in [6.07, 6.45) is 6.23. The predicted octanol–water partition coefficient (Wildman–Crippen LogP) is 3.28. The highest BCUT2D eigenvalue weighted by Gasteiger charge is 2.24. The number of anilines is 1. The first-order valence-corrected chi connectivity index (χ1v) is 6.24. The van der Waals surface area contributed by atoms with Crippen LogP contribution in [-0.2, 0) is 6.54 Å². The van der Waals surface area contributed by atoms with Crippen molar-refractivity contribution in [2.24, 2.45) is 0 Å². The Labute approximate surface area is 106 Å². The van der Waals surface area contributed by atoms with Crippen LogP contribution < -0.4 is 5.32 Å². The molecule has 1 aliphatic rings. The molecule has 0 spiro atoms. The molecule has 4 heteroatoms. The fourth-order valence-electron chi connectivity index (χ4n) is 2.18. The van der Waals surface area contributed by atoms with Gasteiger partial charge in [-0.1, -0.05) is 0 Å². The van der Waals surface area contributed by atoms with Crippen LogP contribution in [0.5, 0.6) is 0 Å². The molecule has 1 aromatic carbocycles. The van der Waals surface area contributed by atoms with E-state index in [4.69, 9.17) is 0 Å². The highest BCUT2D eigenvalue weighted by atomic mass is 19.1. The van der Waals surface area contributed by atoms with Crippen LogP contribution >= 0.6 is 0 Å². The number of aryl methyl sites for hydroxylation is 1. The van der Waals surface area contributed by atoms with Gasteiger partial charge in [0, 0.05) is 17.9 Å². The van der Waals surface area contributed by atoms with Crippen molar-refractivity contribution in [1.29, 1.82) is 0 Å². The summed E-state index contributed by atoms with van der Waals surface area (Å²) in [7, 11) is 0. The van der Waals surface area contributed by atoms with Crippen molar-refractivity contribution in [2.75, 3.05) is 5.32 Å². The molecule has 1 heterocycles. The van der Waals surface area contributed by atoms with Crippen molar-refractivity contribution in [3.63, 3.8) is 0 Å². The zero-order valence-electron chi connectivity index (χ0n) is 10.4. The molecule has 0 saturated heterocycles. The van der Waals surface area contributed by atoms with Crippen molar-refractivity contribution < 1.29 is 4.39 Å². The van der Waals surface area contributed by atoms with E-state index < -0.39 is 0 Å². The largest absolute Gasteiger partial charge is 0.379 e. The summed E-state index contributed by atoms with van der Waals surface area (Å²) in [6.45, 7) is 2.57. The Kier molecular flexibility index (Phi) is 2.78. The minimum Gasteiger partial charge on any atom is -0.379 e. The molecule has 3 rings (SSSR count). The highest BCUT2D eigenvalue weighted by molar-refractivity contribution is 5.46. The lowest BCUT2D eigenvalue weighted by atomic mass is 10.2. The molecular weight excluding hydrogens is 229 g/mol. The molecule has 0 unspecified atom stereocenters. The third kappa shape index (κ3) is 2.37. The minimum absolute atomic E-state index is 0.201. The number of hydrogen-bond acceptors (Lipinski definition) is 2. The number of hydrogen-bond donors (Lipinski definition) is 1. The van der Waals surface area contributed by atoms with Crippen LogP contribution in [0.25, 0.3) is 0 Å². The first-order valence-electron chi connectivity index (χ1n) is 6.24. The number of imidazole rings is 1. The first-order chi connectivity index (χ1) is 8.72. The quantitative estimate of drug-likeness (QED) is 0.895. The topological polar surface area (TPSA) is 29.9 Å². The Balaban J connectivity index is 1.71. The summed E-state index contributed by atoms with van der Waals surface area (Å²) < 4.78 is 15.5. The molecule has 0 radical (unpaired) electrons. The molecule has 94 valence electrons. The van der Waals surface area contributed by atoms with E-state index in [1.54, 1.807) is 0 Å². The van der Waals surface area contributed by atoms with Crippen molar-refractivity contribution in [2.45, 2.75) is 32.4 Å². The maximum Gasteiger partial charge on any atom is 0.125 e.